The maximum atomic E-state index is 10.3. The number of nitrogens with zero attached hydrogens (tertiary/aromatic N) is 4. The molecule has 0 bridgehead atoms. The second-order valence-electron chi connectivity index (χ2n) is 3.60. The fourth-order valence-electron chi connectivity index (χ4n) is 1.33. The number of nitro groups is 1. The molecular weight excluding hydrogens is 228 g/mol. The first-order chi connectivity index (χ1) is 8.04. The Morgan fingerprint density at radius 2 is 2.53 bits per heavy atom. The van der Waals surface area contributed by atoms with Gasteiger partial charge in [-0.15, -0.1) is 0 Å². The largest absolute Gasteiger partial charge is 0.411 e. The van der Waals surface area contributed by atoms with Crippen LogP contribution in [0.1, 0.15) is 12.7 Å². The number of imidazole rings is 1. The van der Waals surface area contributed by atoms with Crippen molar-refractivity contribution in [2.24, 2.45) is 12.2 Å². The average Bonchev–Trinajstić information content (AvgIpc) is 2.57. The summed E-state index contributed by atoms with van der Waals surface area (Å²) in [5.41, 5.74) is 0. The van der Waals surface area contributed by atoms with Gasteiger partial charge in [-0.05, 0) is 6.92 Å². The molecule has 1 heterocycles. The van der Waals surface area contributed by atoms with Gasteiger partial charge in [0.1, 0.15) is 18.5 Å². The average molecular weight is 243 g/mol. The Morgan fingerprint density at radius 3 is 3.12 bits per heavy atom. The summed E-state index contributed by atoms with van der Waals surface area (Å²) in [5.74, 6) is 0.626. The van der Waals surface area contributed by atoms with Gasteiger partial charge in [0, 0.05) is 4.92 Å². The molecule has 1 atom stereocenters. The minimum absolute atomic E-state index is 0.164. The number of hydrogen-bond acceptors (Lipinski definition) is 5. The van der Waals surface area contributed by atoms with Crippen molar-refractivity contribution in [3.63, 3.8) is 0 Å². The maximum Gasteiger partial charge on any atom is 0.305 e. The molecule has 1 aromatic rings. The number of aryl methyl sites for hydroxylation is 1. The SMILES string of the molecule is CC(C[N+](=O)[O-])OCn1cc[n+](C)c1/C=N/O. The molecule has 1 aromatic heterocycles. The molecule has 17 heavy (non-hydrogen) atoms. The Bertz CT molecular complexity index is 415. The lowest BCUT2D eigenvalue weighted by Crippen LogP contribution is -2.32. The highest BCUT2D eigenvalue weighted by atomic mass is 16.6. The van der Waals surface area contributed by atoms with Crippen LogP contribution >= 0.6 is 0 Å². The van der Waals surface area contributed by atoms with Crippen LogP contribution in [0.3, 0.4) is 0 Å². The van der Waals surface area contributed by atoms with E-state index in [9.17, 15) is 10.1 Å². The topological polar surface area (TPSA) is 93.8 Å². The van der Waals surface area contributed by atoms with E-state index < -0.39 is 11.0 Å². The van der Waals surface area contributed by atoms with Crippen molar-refractivity contribution in [1.82, 2.24) is 4.57 Å². The zero-order valence-electron chi connectivity index (χ0n) is 9.68. The molecule has 0 aliphatic carbocycles. The molecule has 0 spiro atoms. The van der Waals surface area contributed by atoms with Crippen molar-refractivity contribution in [3.8, 4) is 0 Å². The Hall–Kier alpha value is -1.96. The Kier molecular flexibility index (Phi) is 4.58. The van der Waals surface area contributed by atoms with Gasteiger partial charge in [-0.3, -0.25) is 10.1 Å². The monoisotopic (exact) mass is 243 g/mol. The molecule has 1 rings (SSSR count). The lowest BCUT2D eigenvalue weighted by Gasteiger charge is -2.06. The van der Waals surface area contributed by atoms with Crippen LogP contribution in [0.15, 0.2) is 17.5 Å². The molecule has 0 aliphatic rings. The molecule has 0 aromatic carbocycles. The van der Waals surface area contributed by atoms with E-state index in [-0.39, 0.29) is 13.3 Å². The van der Waals surface area contributed by atoms with Gasteiger partial charge in [0.2, 0.25) is 6.54 Å². The molecule has 8 heteroatoms. The third-order valence-corrected chi connectivity index (χ3v) is 2.20. The molecule has 8 nitrogen and oxygen atoms in total. The zero-order valence-corrected chi connectivity index (χ0v) is 9.68. The summed E-state index contributed by atoms with van der Waals surface area (Å²) in [6, 6.07) is 0. The summed E-state index contributed by atoms with van der Waals surface area (Å²) >= 11 is 0. The molecule has 94 valence electrons. The Morgan fingerprint density at radius 1 is 1.82 bits per heavy atom. The highest BCUT2D eigenvalue weighted by Crippen LogP contribution is 1.98. The van der Waals surface area contributed by atoms with Crippen molar-refractivity contribution < 1.29 is 19.4 Å². The second kappa shape index (κ2) is 5.94. The lowest BCUT2D eigenvalue weighted by atomic mass is 10.4. The lowest BCUT2D eigenvalue weighted by molar-refractivity contribution is -0.672. The summed E-state index contributed by atoms with van der Waals surface area (Å²) < 4.78 is 8.72. The van der Waals surface area contributed by atoms with Crippen molar-refractivity contribution in [3.05, 3.63) is 28.3 Å². The van der Waals surface area contributed by atoms with Crippen LogP contribution in [0.25, 0.3) is 0 Å². The highest BCUT2D eigenvalue weighted by Gasteiger charge is 2.15. The quantitative estimate of drug-likeness (QED) is 0.245. The Labute approximate surface area is 97.9 Å². The zero-order chi connectivity index (χ0) is 12.8. The first kappa shape index (κ1) is 13.1. The van der Waals surface area contributed by atoms with Gasteiger partial charge >= 0.3 is 5.82 Å². The molecule has 0 amide bonds. The van der Waals surface area contributed by atoms with Gasteiger partial charge in [0.25, 0.3) is 0 Å². The Balaban J connectivity index is 2.60. The minimum Gasteiger partial charge on any atom is -0.411 e. The van der Waals surface area contributed by atoms with Gasteiger partial charge in [-0.2, -0.15) is 0 Å². The van der Waals surface area contributed by atoms with E-state index in [1.54, 1.807) is 35.5 Å². The van der Waals surface area contributed by atoms with Crippen molar-refractivity contribution in [2.75, 3.05) is 6.54 Å². The maximum absolute atomic E-state index is 10.3. The van der Waals surface area contributed by atoms with Gasteiger partial charge in [-0.1, -0.05) is 5.16 Å². The summed E-state index contributed by atoms with van der Waals surface area (Å²) in [5, 5.41) is 21.7. The van der Waals surface area contributed by atoms with Crippen molar-refractivity contribution in [1.29, 1.82) is 0 Å². The number of aromatic nitrogens is 2. The molecule has 1 N–H and O–H groups in total. The normalized spacial score (nSPS) is 13.1. The summed E-state index contributed by atoms with van der Waals surface area (Å²) in [6.45, 7) is 1.56. The molecule has 0 radical (unpaired) electrons. The van der Waals surface area contributed by atoms with Crippen LogP contribution < -0.4 is 4.57 Å². The molecule has 0 saturated carbocycles. The number of hydrogen-bond donors (Lipinski definition) is 1. The van der Waals surface area contributed by atoms with Crippen molar-refractivity contribution >= 4 is 6.21 Å². The van der Waals surface area contributed by atoms with E-state index in [4.69, 9.17) is 9.94 Å². The fraction of sp³-hybridized carbons (Fsp3) is 0.556. The number of ether oxygens (including phenoxy) is 1. The van der Waals surface area contributed by atoms with Gasteiger partial charge in [0.05, 0.1) is 7.05 Å². The second-order valence-corrected chi connectivity index (χ2v) is 3.60. The van der Waals surface area contributed by atoms with E-state index in [2.05, 4.69) is 5.16 Å². The van der Waals surface area contributed by atoms with Gasteiger partial charge < -0.3 is 9.94 Å². The molecule has 0 fully saturated rings. The summed E-state index contributed by atoms with van der Waals surface area (Å²) in [6.07, 6.45) is 4.28. The first-order valence-corrected chi connectivity index (χ1v) is 5.00. The molecular formula is C9H15N4O4+. The number of oxime groups is 1. The summed E-state index contributed by atoms with van der Waals surface area (Å²) in [7, 11) is 1.79. The predicted octanol–water partition coefficient (Wildman–Crippen LogP) is -0.240. The fourth-order valence-corrected chi connectivity index (χ4v) is 1.33. The van der Waals surface area contributed by atoms with Crippen LogP contribution in [0.2, 0.25) is 0 Å². The van der Waals surface area contributed by atoms with E-state index in [1.165, 1.54) is 6.21 Å². The van der Waals surface area contributed by atoms with E-state index >= 15 is 0 Å². The van der Waals surface area contributed by atoms with E-state index in [0.29, 0.717) is 5.82 Å². The minimum atomic E-state index is -0.475. The number of rotatable bonds is 6. The van der Waals surface area contributed by atoms with E-state index in [1.807, 2.05) is 0 Å². The van der Waals surface area contributed by atoms with Gasteiger partial charge in [0.15, 0.2) is 12.9 Å². The van der Waals surface area contributed by atoms with E-state index in [0.717, 1.165) is 0 Å². The summed E-state index contributed by atoms with van der Waals surface area (Å²) in [4.78, 5) is 9.83. The smallest absolute Gasteiger partial charge is 0.305 e. The van der Waals surface area contributed by atoms with Crippen LogP contribution in [0.5, 0.6) is 0 Å². The predicted molar refractivity (Wildman–Crippen MR) is 57.4 cm³/mol. The standard InChI is InChI=1S/C9H14N4O4/c1-8(6-13(15)16)17-7-12-4-3-11(2)9(12)5-10-14/h3-5,8H,6-7H2,1-2H3/p+1. The van der Waals surface area contributed by atoms with Crippen LogP contribution in [0, 0.1) is 10.1 Å². The third kappa shape index (κ3) is 3.83. The molecule has 0 saturated heterocycles. The van der Waals surface area contributed by atoms with Crippen LogP contribution in [-0.2, 0) is 18.5 Å². The molecule has 1 unspecified atom stereocenters. The first-order valence-electron chi connectivity index (χ1n) is 5.00. The third-order valence-electron chi connectivity index (χ3n) is 2.20. The van der Waals surface area contributed by atoms with Gasteiger partial charge in [-0.25, -0.2) is 9.13 Å². The highest BCUT2D eigenvalue weighted by molar-refractivity contribution is 5.72. The van der Waals surface area contributed by atoms with Crippen LogP contribution in [0.4, 0.5) is 0 Å². The van der Waals surface area contributed by atoms with Crippen LogP contribution in [-0.4, -0.2) is 33.6 Å². The molecule has 0 aliphatic heterocycles. The van der Waals surface area contributed by atoms with Crippen molar-refractivity contribution in [2.45, 2.75) is 19.8 Å².